The number of pyridine rings is 1. The molecule has 1 aliphatic heterocycles. The van der Waals surface area contributed by atoms with Crippen LogP contribution in [0.1, 0.15) is 6.92 Å². The first kappa shape index (κ1) is 23.2. The number of sulfone groups is 1. The van der Waals surface area contributed by atoms with Crippen LogP contribution in [-0.4, -0.2) is 51.5 Å². The summed E-state index contributed by atoms with van der Waals surface area (Å²) in [7, 11) is -2.03. The third kappa shape index (κ3) is 4.58. The number of rotatable bonds is 3. The van der Waals surface area contributed by atoms with Gasteiger partial charge in [0.25, 0.3) is 0 Å². The summed E-state index contributed by atoms with van der Waals surface area (Å²) >= 11 is 0. The molecular formula is C24H23N3O6S. The number of benzene rings is 2. The van der Waals surface area contributed by atoms with Gasteiger partial charge in [-0.1, -0.05) is 24.3 Å². The summed E-state index contributed by atoms with van der Waals surface area (Å²) in [5.41, 5.74) is 2.42. The third-order valence-corrected chi connectivity index (χ3v) is 6.58. The molecule has 9 nitrogen and oxygen atoms in total. The molecule has 0 bridgehead atoms. The van der Waals surface area contributed by atoms with Crippen LogP contribution in [0.15, 0.2) is 71.8 Å². The predicted octanol–water partition coefficient (Wildman–Crippen LogP) is 4.13. The van der Waals surface area contributed by atoms with Crippen LogP contribution in [0.2, 0.25) is 0 Å². The zero-order chi connectivity index (χ0) is 24.5. The fourth-order valence-corrected chi connectivity index (χ4v) is 4.43. The van der Waals surface area contributed by atoms with E-state index in [0.717, 1.165) is 17.4 Å². The van der Waals surface area contributed by atoms with Crippen molar-refractivity contribution in [2.24, 2.45) is 0 Å². The molecule has 1 unspecified atom stereocenters. The Bertz CT molecular complexity index is 1330. The van der Waals surface area contributed by atoms with Gasteiger partial charge in [0.15, 0.2) is 9.84 Å². The molecule has 4 rings (SSSR count). The Kier molecular flexibility index (Phi) is 6.25. The highest BCUT2D eigenvalue weighted by molar-refractivity contribution is 7.90. The van der Waals surface area contributed by atoms with Gasteiger partial charge < -0.3 is 9.47 Å². The van der Waals surface area contributed by atoms with E-state index in [9.17, 15) is 18.0 Å². The van der Waals surface area contributed by atoms with Crippen molar-refractivity contribution >= 4 is 33.4 Å². The van der Waals surface area contributed by atoms with E-state index in [1.54, 1.807) is 55.5 Å². The summed E-state index contributed by atoms with van der Waals surface area (Å²) in [5, 5.41) is 0. The topological polar surface area (TPSA) is 106 Å². The Morgan fingerprint density at radius 2 is 1.68 bits per heavy atom. The number of hydrogen-bond acceptors (Lipinski definition) is 7. The van der Waals surface area contributed by atoms with Crippen molar-refractivity contribution in [3.8, 4) is 17.0 Å². The summed E-state index contributed by atoms with van der Waals surface area (Å²) in [6, 6.07) is 16.3. The second kappa shape index (κ2) is 9.14. The van der Waals surface area contributed by atoms with Crippen LogP contribution in [0.25, 0.3) is 11.1 Å². The van der Waals surface area contributed by atoms with Crippen LogP contribution in [-0.2, 0) is 14.6 Å². The van der Waals surface area contributed by atoms with Gasteiger partial charge in [-0.2, -0.15) is 0 Å². The molecular weight excluding hydrogens is 458 g/mol. The van der Waals surface area contributed by atoms with E-state index in [1.165, 1.54) is 35.2 Å². The van der Waals surface area contributed by atoms with Crippen LogP contribution < -0.4 is 14.5 Å². The molecule has 0 saturated heterocycles. The number of anilines is 2. The van der Waals surface area contributed by atoms with Crippen LogP contribution in [0.4, 0.5) is 21.0 Å². The minimum Gasteiger partial charge on any atom is -0.452 e. The molecule has 0 radical (unpaired) electrons. The van der Waals surface area contributed by atoms with Gasteiger partial charge >= 0.3 is 12.2 Å². The van der Waals surface area contributed by atoms with Crippen molar-refractivity contribution in [3.63, 3.8) is 0 Å². The second-order valence-electron chi connectivity index (χ2n) is 7.84. The molecule has 0 saturated carbocycles. The van der Waals surface area contributed by atoms with Crippen molar-refractivity contribution in [1.82, 2.24) is 4.98 Å². The van der Waals surface area contributed by atoms with E-state index >= 15 is 0 Å². The molecule has 0 aliphatic carbocycles. The number of carbonyl (C=O) groups excluding carboxylic acids is 2. The molecule has 3 aromatic rings. The zero-order valence-corrected chi connectivity index (χ0v) is 19.7. The molecule has 1 aliphatic rings. The van der Waals surface area contributed by atoms with Crippen LogP contribution in [0, 0.1) is 0 Å². The van der Waals surface area contributed by atoms with Gasteiger partial charge in [0.2, 0.25) is 5.88 Å². The molecule has 176 valence electrons. The summed E-state index contributed by atoms with van der Waals surface area (Å²) in [6.45, 7) is 1.98. The lowest BCUT2D eigenvalue weighted by Crippen LogP contribution is -2.52. The smallest absolute Gasteiger partial charge is 0.421 e. The quantitative estimate of drug-likeness (QED) is 0.554. The Hall–Kier alpha value is -3.92. The van der Waals surface area contributed by atoms with E-state index in [-0.39, 0.29) is 23.4 Å². The largest absolute Gasteiger partial charge is 0.452 e. The molecule has 1 atom stereocenters. The molecule has 10 heteroatoms. The number of amides is 2. The summed E-state index contributed by atoms with van der Waals surface area (Å²) in [4.78, 5) is 32.8. The fourth-order valence-electron chi connectivity index (χ4n) is 3.80. The van der Waals surface area contributed by atoms with Crippen molar-refractivity contribution in [1.29, 1.82) is 0 Å². The average Bonchev–Trinajstić information content (AvgIpc) is 2.83. The van der Waals surface area contributed by atoms with Crippen molar-refractivity contribution in [2.45, 2.75) is 17.9 Å². The molecule has 2 heterocycles. The highest BCUT2D eigenvalue weighted by Gasteiger charge is 2.36. The predicted molar refractivity (Wildman–Crippen MR) is 127 cm³/mol. The minimum atomic E-state index is -3.33. The number of ether oxygens (including phenoxy) is 2. The van der Waals surface area contributed by atoms with E-state index in [2.05, 4.69) is 4.98 Å². The summed E-state index contributed by atoms with van der Waals surface area (Å²) in [5.74, 6) is 0.157. The van der Waals surface area contributed by atoms with Crippen LogP contribution in [0.3, 0.4) is 0 Å². The van der Waals surface area contributed by atoms with E-state index in [1.807, 2.05) is 0 Å². The molecule has 2 amide bonds. The van der Waals surface area contributed by atoms with Crippen molar-refractivity contribution in [3.05, 3.63) is 66.9 Å². The number of aromatic nitrogens is 1. The van der Waals surface area contributed by atoms with Gasteiger partial charge in [-0.25, -0.2) is 23.0 Å². The van der Waals surface area contributed by atoms with Gasteiger partial charge in [0.1, 0.15) is 0 Å². The lowest BCUT2D eigenvalue weighted by molar-refractivity contribution is 0.175. The van der Waals surface area contributed by atoms with Crippen LogP contribution >= 0.6 is 0 Å². The molecule has 0 N–H and O–H groups in total. The number of carbonyl (C=O) groups is 2. The Morgan fingerprint density at radius 1 is 0.971 bits per heavy atom. The van der Waals surface area contributed by atoms with Crippen LogP contribution in [0.5, 0.6) is 5.88 Å². The molecule has 34 heavy (non-hydrogen) atoms. The SMILES string of the molecule is COC(=O)N1c2ccc(-c3ccc(S(C)(=O)=O)cc3)cc2N(C(=O)Oc2ccccn2)CC1C. The molecule has 2 aromatic carbocycles. The van der Waals surface area contributed by atoms with Gasteiger partial charge in [-0.15, -0.1) is 0 Å². The Morgan fingerprint density at radius 3 is 2.29 bits per heavy atom. The normalized spacial score (nSPS) is 15.4. The number of nitrogens with zero attached hydrogens (tertiary/aromatic N) is 3. The summed E-state index contributed by atoms with van der Waals surface area (Å²) < 4.78 is 34.0. The van der Waals surface area contributed by atoms with Gasteiger partial charge in [-0.05, 0) is 48.4 Å². The average molecular weight is 482 g/mol. The maximum Gasteiger partial charge on any atom is 0.421 e. The lowest BCUT2D eigenvalue weighted by Gasteiger charge is -2.39. The molecule has 1 aromatic heterocycles. The van der Waals surface area contributed by atoms with Gasteiger partial charge in [-0.3, -0.25) is 9.80 Å². The highest BCUT2D eigenvalue weighted by atomic mass is 32.2. The first-order valence-electron chi connectivity index (χ1n) is 10.4. The standard InChI is InChI=1S/C24H23N3O6S/c1-16-15-26(23(28)33-22-6-4-5-13-25-22)21-14-18(9-12-20(21)27(16)24(29)32-2)17-7-10-19(11-8-17)34(3,30)31/h4-14,16H,15H2,1-3H3. The van der Waals surface area contributed by atoms with Gasteiger partial charge in [0.05, 0.1) is 36.0 Å². The second-order valence-corrected chi connectivity index (χ2v) is 9.85. The van der Waals surface area contributed by atoms with E-state index in [4.69, 9.17) is 9.47 Å². The maximum absolute atomic E-state index is 13.1. The first-order valence-corrected chi connectivity index (χ1v) is 12.3. The van der Waals surface area contributed by atoms with Crippen molar-refractivity contribution in [2.75, 3.05) is 29.7 Å². The Labute approximate surface area is 197 Å². The van der Waals surface area contributed by atoms with E-state index in [0.29, 0.717) is 11.4 Å². The minimum absolute atomic E-state index is 0.157. The third-order valence-electron chi connectivity index (χ3n) is 5.45. The first-order chi connectivity index (χ1) is 16.2. The number of fused-ring (bicyclic) bond motifs is 1. The zero-order valence-electron chi connectivity index (χ0n) is 18.8. The monoisotopic (exact) mass is 481 g/mol. The molecule has 0 fully saturated rings. The number of methoxy groups -OCH3 is 1. The fraction of sp³-hybridized carbons (Fsp3) is 0.208. The molecule has 0 spiro atoms. The maximum atomic E-state index is 13.1. The Balaban J connectivity index is 1.76. The highest BCUT2D eigenvalue weighted by Crippen LogP contribution is 2.39. The van der Waals surface area contributed by atoms with E-state index < -0.39 is 22.0 Å². The van der Waals surface area contributed by atoms with Crippen molar-refractivity contribution < 1.29 is 27.5 Å². The number of hydrogen-bond donors (Lipinski definition) is 0. The summed E-state index contributed by atoms with van der Waals surface area (Å²) in [6.07, 6.45) is 1.49. The van der Waals surface area contributed by atoms with Gasteiger partial charge in [0, 0.05) is 18.5 Å². The lowest BCUT2D eigenvalue weighted by atomic mass is 10.0.